The molecular formula is C15H23NO2. The second-order valence-corrected chi connectivity index (χ2v) is 4.83. The lowest BCUT2D eigenvalue weighted by Gasteiger charge is -2.14. The molecule has 0 aliphatic rings. The fourth-order valence-electron chi connectivity index (χ4n) is 1.99. The van der Waals surface area contributed by atoms with E-state index in [1.165, 1.54) is 0 Å². The number of benzene rings is 1. The van der Waals surface area contributed by atoms with E-state index in [2.05, 4.69) is 19.2 Å². The predicted octanol–water partition coefficient (Wildman–Crippen LogP) is 2.66. The Bertz CT molecular complexity index is 351. The highest BCUT2D eigenvalue weighted by molar-refractivity contribution is 5.76. The standard InChI is InChI=1S/C15H23NO2/c1-3-7-12(2)10-15(18)16-11-14(17)13-8-5-4-6-9-13/h4-6,8-9,12,14,17H,3,7,10-11H2,1-2H3,(H,16,18). The monoisotopic (exact) mass is 249 g/mol. The van der Waals surface area contributed by atoms with Crippen molar-refractivity contribution in [3.63, 3.8) is 0 Å². The van der Waals surface area contributed by atoms with Gasteiger partial charge in [0.15, 0.2) is 0 Å². The van der Waals surface area contributed by atoms with E-state index in [4.69, 9.17) is 0 Å². The van der Waals surface area contributed by atoms with E-state index < -0.39 is 6.10 Å². The van der Waals surface area contributed by atoms with Crippen molar-refractivity contribution < 1.29 is 9.90 Å². The summed E-state index contributed by atoms with van der Waals surface area (Å²) >= 11 is 0. The van der Waals surface area contributed by atoms with E-state index in [9.17, 15) is 9.90 Å². The van der Waals surface area contributed by atoms with Gasteiger partial charge in [-0.25, -0.2) is 0 Å². The number of rotatable bonds is 7. The molecule has 3 heteroatoms. The summed E-state index contributed by atoms with van der Waals surface area (Å²) in [6.45, 7) is 4.48. The molecule has 0 bridgehead atoms. The van der Waals surface area contributed by atoms with Gasteiger partial charge in [0.2, 0.25) is 5.91 Å². The zero-order valence-electron chi connectivity index (χ0n) is 11.2. The van der Waals surface area contributed by atoms with E-state index in [0.717, 1.165) is 18.4 Å². The van der Waals surface area contributed by atoms with E-state index >= 15 is 0 Å². The van der Waals surface area contributed by atoms with Gasteiger partial charge in [0.25, 0.3) is 0 Å². The summed E-state index contributed by atoms with van der Waals surface area (Å²) < 4.78 is 0. The van der Waals surface area contributed by atoms with Crippen LogP contribution < -0.4 is 5.32 Å². The summed E-state index contributed by atoms with van der Waals surface area (Å²) in [6.07, 6.45) is 2.07. The third-order valence-electron chi connectivity index (χ3n) is 2.99. The molecular weight excluding hydrogens is 226 g/mol. The van der Waals surface area contributed by atoms with Crippen molar-refractivity contribution in [2.75, 3.05) is 6.54 Å². The first-order chi connectivity index (χ1) is 8.63. The van der Waals surface area contributed by atoms with Crippen LogP contribution in [0.3, 0.4) is 0 Å². The number of nitrogens with one attached hydrogen (secondary N) is 1. The van der Waals surface area contributed by atoms with E-state index in [-0.39, 0.29) is 12.5 Å². The molecule has 0 fully saturated rings. The van der Waals surface area contributed by atoms with E-state index in [0.29, 0.717) is 12.3 Å². The van der Waals surface area contributed by atoms with Crippen molar-refractivity contribution >= 4 is 5.91 Å². The molecule has 3 nitrogen and oxygen atoms in total. The number of carbonyl (C=O) groups is 1. The number of carbonyl (C=O) groups excluding carboxylic acids is 1. The summed E-state index contributed by atoms with van der Waals surface area (Å²) in [5.74, 6) is 0.426. The normalized spacial score (nSPS) is 13.9. The van der Waals surface area contributed by atoms with Gasteiger partial charge in [-0.1, -0.05) is 57.0 Å². The molecule has 18 heavy (non-hydrogen) atoms. The highest BCUT2D eigenvalue weighted by Crippen LogP contribution is 2.12. The summed E-state index contributed by atoms with van der Waals surface area (Å²) in [5, 5.41) is 12.7. The average Bonchev–Trinajstić information content (AvgIpc) is 2.37. The van der Waals surface area contributed by atoms with Crippen molar-refractivity contribution in [2.45, 2.75) is 39.2 Å². The van der Waals surface area contributed by atoms with Crippen LogP contribution in [0.25, 0.3) is 0 Å². The fourth-order valence-corrected chi connectivity index (χ4v) is 1.99. The molecule has 0 radical (unpaired) electrons. The first-order valence-electron chi connectivity index (χ1n) is 6.63. The van der Waals surface area contributed by atoms with Gasteiger partial charge in [0.05, 0.1) is 6.10 Å². The fraction of sp³-hybridized carbons (Fsp3) is 0.533. The van der Waals surface area contributed by atoms with Crippen molar-refractivity contribution in [3.05, 3.63) is 35.9 Å². The van der Waals surface area contributed by atoms with Gasteiger partial charge in [-0.3, -0.25) is 4.79 Å². The molecule has 0 saturated carbocycles. The summed E-state index contributed by atoms with van der Waals surface area (Å²) in [5.41, 5.74) is 0.833. The van der Waals surface area contributed by atoms with Crippen molar-refractivity contribution in [1.29, 1.82) is 0 Å². The van der Waals surface area contributed by atoms with Gasteiger partial charge < -0.3 is 10.4 Å². The topological polar surface area (TPSA) is 49.3 Å². The van der Waals surface area contributed by atoms with E-state index in [1.807, 2.05) is 30.3 Å². The lowest BCUT2D eigenvalue weighted by Crippen LogP contribution is -2.29. The Morgan fingerprint density at radius 2 is 2.00 bits per heavy atom. The summed E-state index contributed by atoms with van der Waals surface area (Å²) in [6, 6.07) is 9.38. The quantitative estimate of drug-likeness (QED) is 0.780. The Morgan fingerprint density at radius 3 is 2.61 bits per heavy atom. The van der Waals surface area contributed by atoms with Crippen LogP contribution in [0.4, 0.5) is 0 Å². The highest BCUT2D eigenvalue weighted by atomic mass is 16.3. The lowest BCUT2D eigenvalue weighted by molar-refractivity contribution is -0.122. The molecule has 1 aromatic carbocycles. The Hall–Kier alpha value is -1.35. The first kappa shape index (κ1) is 14.7. The Labute approximate surface area is 109 Å². The third kappa shape index (κ3) is 5.32. The molecule has 0 aromatic heterocycles. The minimum atomic E-state index is -0.628. The van der Waals surface area contributed by atoms with Crippen LogP contribution in [0.1, 0.15) is 44.8 Å². The largest absolute Gasteiger partial charge is 0.387 e. The maximum absolute atomic E-state index is 11.6. The number of amides is 1. The molecule has 2 atom stereocenters. The minimum Gasteiger partial charge on any atom is -0.387 e. The second kappa shape index (κ2) is 7.88. The molecule has 100 valence electrons. The minimum absolute atomic E-state index is 0.0194. The SMILES string of the molecule is CCCC(C)CC(=O)NCC(O)c1ccccc1. The van der Waals surface area contributed by atoms with Gasteiger partial charge >= 0.3 is 0 Å². The van der Waals surface area contributed by atoms with E-state index in [1.54, 1.807) is 0 Å². The van der Waals surface area contributed by atoms with Crippen LogP contribution in [0, 0.1) is 5.92 Å². The Morgan fingerprint density at radius 1 is 1.33 bits per heavy atom. The zero-order valence-corrected chi connectivity index (χ0v) is 11.2. The predicted molar refractivity (Wildman–Crippen MR) is 73.1 cm³/mol. The molecule has 1 rings (SSSR count). The smallest absolute Gasteiger partial charge is 0.220 e. The third-order valence-corrected chi connectivity index (χ3v) is 2.99. The van der Waals surface area contributed by atoms with Crippen LogP contribution in [-0.2, 0) is 4.79 Å². The van der Waals surface area contributed by atoms with Gasteiger partial charge in [-0.05, 0) is 11.5 Å². The Balaban J connectivity index is 2.30. The van der Waals surface area contributed by atoms with Crippen molar-refractivity contribution in [2.24, 2.45) is 5.92 Å². The van der Waals surface area contributed by atoms with Crippen LogP contribution in [0.2, 0.25) is 0 Å². The van der Waals surface area contributed by atoms with Gasteiger partial charge in [-0.2, -0.15) is 0 Å². The van der Waals surface area contributed by atoms with Gasteiger partial charge in [0, 0.05) is 13.0 Å². The zero-order chi connectivity index (χ0) is 13.4. The number of hydrogen-bond acceptors (Lipinski definition) is 2. The summed E-state index contributed by atoms with van der Waals surface area (Å²) in [7, 11) is 0. The number of aliphatic hydroxyl groups excluding tert-OH is 1. The van der Waals surface area contributed by atoms with Gasteiger partial charge in [0.1, 0.15) is 0 Å². The molecule has 0 heterocycles. The summed E-state index contributed by atoms with van der Waals surface area (Å²) in [4.78, 5) is 11.6. The molecule has 0 aliphatic carbocycles. The first-order valence-corrected chi connectivity index (χ1v) is 6.63. The van der Waals surface area contributed by atoms with Crippen molar-refractivity contribution in [1.82, 2.24) is 5.32 Å². The molecule has 0 spiro atoms. The maximum Gasteiger partial charge on any atom is 0.220 e. The molecule has 2 N–H and O–H groups in total. The van der Waals surface area contributed by atoms with Crippen LogP contribution in [0.5, 0.6) is 0 Å². The van der Waals surface area contributed by atoms with Gasteiger partial charge in [-0.15, -0.1) is 0 Å². The molecule has 0 saturated heterocycles. The number of hydrogen-bond donors (Lipinski definition) is 2. The molecule has 1 amide bonds. The van der Waals surface area contributed by atoms with Crippen molar-refractivity contribution in [3.8, 4) is 0 Å². The average molecular weight is 249 g/mol. The highest BCUT2D eigenvalue weighted by Gasteiger charge is 2.11. The second-order valence-electron chi connectivity index (χ2n) is 4.83. The molecule has 2 unspecified atom stereocenters. The number of aliphatic hydroxyl groups is 1. The molecule has 1 aromatic rings. The lowest BCUT2D eigenvalue weighted by atomic mass is 10.0. The van der Waals surface area contributed by atoms with Crippen LogP contribution >= 0.6 is 0 Å². The molecule has 0 aliphatic heterocycles. The maximum atomic E-state index is 11.6. The van der Waals surface area contributed by atoms with Crippen LogP contribution in [0.15, 0.2) is 30.3 Å². The van der Waals surface area contributed by atoms with Crippen LogP contribution in [-0.4, -0.2) is 17.6 Å². The Kier molecular flexibility index (Phi) is 6.44.